The molecule has 13 heavy (non-hydrogen) atoms. The van der Waals surface area contributed by atoms with Crippen molar-refractivity contribution in [1.29, 1.82) is 0 Å². The Bertz CT molecular complexity index is 275. The molecule has 0 saturated carbocycles. The van der Waals surface area contributed by atoms with Gasteiger partial charge in [-0.05, 0) is 12.5 Å². The minimum absolute atomic E-state index is 0.0526. The third kappa shape index (κ3) is 2.68. The fourth-order valence-corrected chi connectivity index (χ4v) is 1.15. The lowest BCUT2D eigenvalue weighted by Gasteiger charge is -2.19. The highest BCUT2D eigenvalue weighted by molar-refractivity contribution is 5.25. The van der Waals surface area contributed by atoms with E-state index in [1.165, 1.54) is 6.08 Å². The molecule has 2 heteroatoms. The Labute approximate surface area is 78.2 Å². The zero-order valence-corrected chi connectivity index (χ0v) is 7.64. The third-order valence-corrected chi connectivity index (χ3v) is 1.91. The first kappa shape index (κ1) is 9.96. The van der Waals surface area contributed by atoms with Gasteiger partial charge in [-0.3, -0.25) is 0 Å². The van der Waals surface area contributed by atoms with Crippen LogP contribution >= 0.6 is 0 Å². The molecule has 0 aromatic heterocycles. The van der Waals surface area contributed by atoms with Gasteiger partial charge in [-0.15, -0.1) is 0 Å². The number of hydrogen-bond acceptors (Lipinski definition) is 2. The Morgan fingerprint density at radius 2 is 1.92 bits per heavy atom. The van der Waals surface area contributed by atoms with Gasteiger partial charge in [-0.25, -0.2) is 0 Å². The van der Waals surface area contributed by atoms with Crippen molar-refractivity contribution in [3.63, 3.8) is 0 Å². The van der Waals surface area contributed by atoms with Crippen molar-refractivity contribution in [3.8, 4) is 0 Å². The summed E-state index contributed by atoms with van der Waals surface area (Å²) in [5.74, 6) is 0. The lowest BCUT2D eigenvalue weighted by atomic mass is 9.96. The average Bonchev–Trinajstić information content (AvgIpc) is 2.16. The predicted molar refractivity (Wildman–Crippen MR) is 52.2 cm³/mol. The van der Waals surface area contributed by atoms with Crippen LogP contribution in [0.5, 0.6) is 0 Å². The summed E-state index contributed by atoms with van der Waals surface area (Å²) >= 11 is 0. The molecule has 2 N–H and O–H groups in total. The fourth-order valence-electron chi connectivity index (χ4n) is 1.15. The molecule has 0 aliphatic carbocycles. The molecule has 0 aliphatic heterocycles. The van der Waals surface area contributed by atoms with E-state index < -0.39 is 5.60 Å². The van der Waals surface area contributed by atoms with E-state index in [9.17, 15) is 5.11 Å². The minimum Gasteiger partial charge on any atom is -0.392 e. The summed E-state index contributed by atoms with van der Waals surface area (Å²) in [6, 6.07) is 9.34. The maximum atomic E-state index is 9.92. The van der Waals surface area contributed by atoms with Crippen LogP contribution < -0.4 is 0 Å². The Morgan fingerprint density at radius 1 is 1.31 bits per heavy atom. The number of rotatable bonds is 3. The largest absolute Gasteiger partial charge is 0.392 e. The van der Waals surface area contributed by atoms with Gasteiger partial charge in [-0.1, -0.05) is 42.5 Å². The SMILES string of the molecule is CC(O)(/C=C/CO)c1ccccc1. The first-order chi connectivity index (χ1) is 6.17. The summed E-state index contributed by atoms with van der Waals surface area (Å²) in [5.41, 5.74) is -0.177. The van der Waals surface area contributed by atoms with Crippen LogP contribution in [-0.2, 0) is 5.60 Å². The second-order valence-electron chi connectivity index (χ2n) is 3.10. The van der Waals surface area contributed by atoms with E-state index in [2.05, 4.69) is 0 Å². The smallest absolute Gasteiger partial charge is 0.105 e. The molecule has 0 fully saturated rings. The Kier molecular flexibility index (Phi) is 3.23. The van der Waals surface area contributed by atoms with Gasteiger partial charge in [0.15, 0.2) is 0 Å². The van der Waals surface area contributed by atoms with Gasteiger partial charge in [0.25, 0.3) is 0 Å². The highest BCUT2D eigenvalue weighted by Crippen LogP contribution is 2.21. The van der Waals surface area contributed by atoms with E-state index in [4.69, 9.17) is 5.11 Å². The van der Waals surface area contributed by atoms with Crippen LogP contribution in [0.3, 0.4) is 0 Å². The van der Waals surface area contributed by atoms with Gasteiger partial charge < -0.3 is 10.2 Å². The van der Waals surface area contributed by atoms with E-state index in [1.54, 1.807) is 13.0 Å². The molecular weight excluding hydrogens is 164 g/mol. The maximum absolute atomic E-state index is 9.92. The van der Waals surface area contributed by atoms with Crippen molar-refractivity contribution in [1.82, 2.24) is 0 Å². The van der Waals surface area contributed by atoms with E-state index in [1.807, 2.05) is 30.3 Å². The lowest BCUT2D eigenvalue weighted by molar-refractivity contribution is 0.110. The van der Waals surface area contributed by atoms with Gasteiger partial charge >= 0.3 is 0 Å². The van der Waals surface area contributed by atoms with Crippen LogP contribution in [0.25, 0.3) is 0 Å². The molecule has 0 radical (unpaired) electrons. The molecule has 0 saturated heterocycles. The number of hydrogen-bond donors (Lipinski definition) is 2. The van der Waals surface area contributed by atoms with E-state index in [0.29, 0.717) is 0 Å². The van der Waals surface area contributed by atoms with Gasteiger partial charge in [0, 0.05) is 0 Å². The summed E-state index contributed by atoms with van der Waals surface area (Å²) in [7, 11) is 0. The molecule has 0 spiro atoms. The van der Waals surface area contributed by atoms with Crippen molar-refractivity contribution in [2.75, 3.05) is 6.61 Å². The monoisotopic (exact) mass is 178 g/mol. The summed E-state index contributed by atoms with van der Waals surface area (Å²) in [6.07, 6.45) is 3.12. The number of aliphatic hydroxyl groups is 2. The third-order valence-electron chi connectivity index (χ3n) is 1.91. The summed E-state index contributed by atoms with van der Waals surface area (Å²) in [4.78, 5) is 0. The van der Waals surface area contributed by atoms with E-state index in [-0.39, 0.29) is 6.61 Å². The Morgan fingerprint density at radius 3 is 2.46 bits per heavy atom. The van der Waals surface area contributed by atoms with Crippen LogP contribution in [0.1, 0.15) is 12.5 Å². The van der Waals surface area contributed by atoms with Gasteiger partial charge in [0.05, 0.1) is 6.61 Å². The lowest BCUT2D eigenvalue weighted by Crippen LogP contribution is -2.17. The van der Waals surface area contributed by atoms with Crippen LogP contribution in [0, 0.1) is 0 Å². The van der Waals surface area contributed by atoms with E-state index >= 15 is 0 Å². The topological polar surface area (TPSA) is 40.5 Å². The maximum Gasteiger partial charge on any atom is 0.105 e. The van der Waals surface area contributed by atoms with Crippen molar-refractivity contribution < 1.29 is 10.2 Å². The molecule has 0 amide bonds. The molecule has 2 nitrogen and oxygen atoms in total. The first-order valence-electron chi connectivity index (χ1n) is 4.23. The molecule has 1 unspecified atom stereocenters. The van der Waals surface area contributed by atoms with Crippen LogP contribution in [0.4, 0.5) is 0 Å². The average molecular weight is 178 g/mol. The highest BCUT2D eigenvalue weighted by atomic mass is 16.3. The predicted octanol–water partition coefficient (Wildman–Crippen LogP) is 1.44. The first-order valence-corrected chi connectivity index (χ1v) is 4.23. The second-order valence-corrected chi connectivity index (χ2v) is 3.10. The summed E-state index contributed by atoms with van der Waals surface area (Å²) in [5, 5.41) is 18.5. The summed E-state index contributed by atoms with van der Waals surface area (Å²) in [6.45, 7) is 1.64. The van der Waals surface area contributed by atoms with Crippen molar-refractivity contribution in [2.24, 2.45) is 0 Å². The fraction of sp³-hybridized carbons (Fsp3) is 0.273. The molecule has 0 aliphatic rings. The van der Waals surface area contributed by atoms with Gasteiger partial charge in [0.2, 0.25) is 0 Å². The van der Waals surface area contributed by atoms with E-state index in [0.717, 1.165) is 5.56 Å². The molecule has 1 aromatic carbocycles. The quantitative estimate of drug-likeness (QED) is 0.688. The Hall–Kier alpha value is -1.12. The van der Waals surface area contributed by atoms with Crippen molar-refractivity contribution in [2.45, 2.75) is 12.5 Å². The van der Waals surface area contributed by atoms with Crippen molar-refractivity contribution >= 4 is 0 Å². The van der Waals surface area contributed by atoms with Crippen LogP contribution in [0.2, 0.25) is 0 Å². The molecule has 1 rings (SSSR count). The zero-order chi connectivity index (χ0) is 9.73. The number of benzene rings is 1. The minimum atomic E-state index is -0.996. The highest BCUT2D eigenvalue weighted by Gasteiger charge is 2.17. The normalized spacial score (nSPS) is 15.9. The molecule has 0 heterocycles. The molecular formula is C11H14O2. The zero-order valence-electron chi connectivity index (χ0n) is 7.64. The molecule has 1 atom stereocenters. The number of aliphatic hydroxyl groups excluding tert-OH is 1. The standard InChI is InChI=1S/C11H14O2/c1-11(13,8-5-9-12)10-6-3-2-4-7-10/h2-8,12-13H,9H2,1H3/b8-5+. The van der Waals surface area contributed by atoms with Crippen molar-refractivity contribution in [3.05, 3.63) is 48.0 Å². The van der Waals surface area contributed by atoms with Gasteiger partial charge in [0.1, 0.15) is 5.60 Å². The van der Waals surface area contributed by atoms with Crippen LogP contribution in [0.15, 0.2) is 42.5 Å². The Balaban J connectivity index is 2.87. The van der Waals surface area contributed by atoms with Crippen LogP contribution in [-0.4, -0.2) is 16.8 Å². The summed E-state index contributed by atoms with van der Waals surface area (Å²) < 4.78 is 0. The second kappa shape index (κ2) is 4.21. The molecule has 70 valence electrons. The molecule has 1 aromatic rings. The molecule has 0 bridgehead atoms. The van der Waals surface area contributed by atoms with Gasteiger partial charge in [-0.2, -0.15) is 0 Å².